The van der Waals surface area contributed by atoms with E-state index in [1.54, 1.807) is 6.07 Å². The molecule has 1 saturated carbocycles. The first-order chi connectivity index (χ1) is 9.03. The highest BCUT2D eigenvalue weighted by molar-refractivity contribution is 6.47. The average molecular weight is 295 g/mol. The van der Waals surface area contributed by atoms with Crippen molar-refractivity contribution in [1.82, 2.24) is 0 Å². The maximum absolute atomic E-state index is 12.2. The van der Waals surface area contributed by atoms with Crippen LogP contribution in [0.3, 0.4) is 0 Å². The molecule has 19 heavy (non-hydrogen) atoms. The number of carbonyl (C=O) groups is 1. The maximum atomic E-state index is 12.2. The van der Waals surface area contributed by atoms with Crippen LogP contribution >= 0.6 is 23.2 Å². The minimum absolute atomic E-state index is 0.0184. The molecule has 0 saturated heterocycles. The lowest BCUT2D eigenvalue weighted by Gasteiger charge is -2.30. The molecule has 2 unspecified atom stereocenters. The van der Waals surface area contributed by atoms with Crippen molar-refractivity contribution in [1.29, 1.82) is 0 Å². The number of allylic oxidation sites excluding steroid dienone is 2. The molecule has 0 heterocycles. The van der Waals surface area contributed by atoms with Crippen LogP contribution in [0.25, 0.3) is 5.57 Å². The zero-order chi connectivity index (χ0) is 13.4. The van der Waals surface area contributed by atoms with Crippen LogP contribution < -0.4 is 0 Å². The van der Waals surface area contributed by atoms with E-state index in [2.05, 4.69) is 0 Å². The summed E-state index contributed by atoms with van der Waals surface area (Å²) in [6.45, 7) is 0. The number of phenolic OH excluding ortho intramolecular Hbond substituents is 1. The summed E-state index contributed by atoms with van der Waals surface area (Å²) in [5.41, 5.74) is 2.87. The monoisotopic (exact) mass is 294 g/mol. The highest BCUT2D eigenvalue weighted by atomic mass is 35.5. The van der Waals surface area contributed by atoms with Crippen molar-refractivity contribution in [2.24, 2.45) is 11.3 Å². The molecule has 2 bridgehead atoms. The Balaban J connectivity index is 2.03. The summed E-state index contributed by atoms with van der Waals surface area (Å²) in [5.74, 6) is 0.271. The Bertz CT molecular complexity index is 662. The van der Waals surface area contributed by atoms with Crippen LogP contribution in [0, 0.1) is 11.3 Å². The van der Waals surface area contributed by atoms with Gasteiger partial charge in [0, 0.05) is 11.3 Å². The van der Waals surface area contributed by atoms with Gasteiger partial charge in [0.25, 0.3) is 0 Å². The fraction of sp³-hybridized carbons (Fsp3) is 0.400. The van der Waals surface area contributed by atoms with E-state index in [-0.39, 0.29) is 22.9 Å². The fourth-order valence-electron chi connectivity index (χ4n) is 4.12. The Kier molecular flexibility index (Phi) is 2.21. The average Bonchev–Trinajstić information content (AvgIpc) is 2.93. The molecule has 4 heteroatoms. The largest absolute Gasteiger partial charge is 0.506 e. The van der Waals surface area contributed by atoms with E-state index in [1.165, 1.54) is 0 Å². The normalized spacial score (nSPS) is 31.7. The van der Waals surface area contributed by atoms with Gasteiger partial charge in [0.15, 0.2) is 5.78 Å². The van der Waals surface area contributed by atoms with E-state index in [9.17, 15) is 9.90 Å². The number of halogens is 2. The Labute approximate surface area is 121 Å². The fourth-order valence-corrected chi connectivity index (χ4v) is 4.81. The molecular formula is C15H12Cl2O2. The smallest absolute Gasteiger partial charge is 0.177 e. The predicted octanol–water partition coefficient (Wildman–Crippen LogP) is 3.92. The van der Waals surface area contributed by atoms with Crippen molar-refractivity contribution < 1.29 is 9.90 Å². The second-order valence-corrected chi connectivity index (χ2v) is 6.63. The molecule has 2 atom stereocenters. The molecule has 1 fully saturated rings. The highest BCUT2D eigenvalue weighted by Crippen LogP contribution is 2.63. The molecule has 3 aliphatic carbocycles. The van der Waals surface area contributed by atoms with E-state index in [0.29, 0.717) is 10.1 Å². The van der Waals surface area contributed by atoms with Crippen molar-refractivity contribution in [3.8, 4) is 5.75 Å². The topological polar surface area (TPSA) is 37.3 Å². The third kappa shape index (κ3) is 1.31. The van der Waals surface area contributed by atoms with Gasteiger partial charge in [0.05, 0.1) is 10.1 Å². The summed E-state index contributed by atoms with van der Waals surface area (Å²) >= 11 is 12.6. The third-order valence-electron chi connectivity index (χ3n) is 4.95. The lowest BCUT2D eigenvalue weighted by atomic mass is 9.74. The van der Waals surface area contributed by atoms with E-state index in [4.69, 9.17) is 23.2 Å². The molecule has 1 spiro atoms. The Morgan fingerprint density at radius 1 is 1.32 bits per heavy atom. The van der Waals surface area contributed by atoms with Gasteiger partial charge in [0.1, 0.15) is 5.75 Å². The van der Waals surface area contributed by atoms with Gasteiger partial charge in [-0.25, -0.2) is 0 Å². The van der Waals surface area contributed by atoms with Gasteiger partial charge >= 0.3 is 0 Å². The quantitative estimate of drug-likeness (QED) is 0.787. The summed E-state index contributed by atoms with van der Waals surface area (Å²) in [6.07, 6.45) is 3.57. The first-order valence-corrected chi connectivity index (χ1v) is 7.24. The second kappa shape index (κ2) is 3.56. The van der Waals surface area contributed by atoms with Crippen LogP contribution in [0.2, 0.25) is 5.02 Å². The number of ketones is 1. The van der Waals surface area contributed by atoms with Gasteiger partial charge in [-0.05, 0) is 48.4 Å². The van der Waals surface area contributed by atoms with Gasteiger partial charge in [-0.15, -0.1) is 0 Å². The molecule has 1 aromatic rings. The van der Waals surface area contributed by atoms with Crippen LogP contribution in [-0.2, 0) is 11.2 Å². The minimum atomic E-state index is -0.0184. The SMILES string of the molecule is O=C1C(Cl)=C2c3ccc(O)c(Cl)c3CC23CCC1C3. The molecule has 0 radical (unpaired) electrons. The van der Waals surface area contributed by atoms with Crippen LogP contribution in [0.4, 0.5) is 0 Å². The first-order valence-electron chi connectivity index (χ1n) is 6.49. The number of hydrogen-bond acceptors (Lipinski definition) is 2. The second-order valence-electron chi connectivity index (χ2n) is 5.87. The van der Waals surface area contributed by atoms with Gasteiger partial charge in [-0.2, -0.15) is 0 Å². The number of Topliss-reactive ketones (excluding diaryl/α,β-unsaturated/α-hetero) is 1. The van der Waals surface area contributed by atoms with Gasteiger partial charge in [-0.1, -0.05) is 29.3 Å². The zero-order valence-corrected chi connectivity index (χ0v) is 11.7. The molecule has 2 nitrogen and oxygen atoms in total. The van der Waals surface area contributed by atoms with E-state index < -0.39 is 0 Å². The number of hydrogen-bond donors (Lipinski definition) is 1. The molecule has 98 valence electrons. The lowest BCUT2D eigenvalue weighted by Crippen LogP contribution is -2.25. The van der Waals surface area contributed by atoms with Gasteiger partial charge in [0.2, 0.25) is 0 Å². The number of rotatable bonds is 0. The summed E-state index contributed by atoms with van der Waals surface area (Å²) in [7, 11) is 0. The number of phenols is 1. The van der Waals surface area contributed by atoms with Gasteiger partial charge < -0.3 is 5.11 Å². The van der Waals surface area contributed by atoms with Crippen molar-refractivity contribution in [2.75, 3.05) is 0 Å². The molecule has 4 rings (SSSR count). The van der Waals surface area contributed by atoms with Crippen molar-refractivity contribution in [3.63, 3.8) is 0 Å². The van der Waals surface area contributed by atoms with Crippen molar-refractivity contribution in [2.45, 2.75) is 25.7 Å². The standard InChI is InChI=1S/C15H12Cl2O2/c16-12-9-6-15-4-3-7(5-15)14(19)13(17)11(15)8(9)1-2-10(12)18/h1-2,7,18H,3-6H2. The van der Waals surface area contributed by atoms with Crippen LogP contribution in [0.1, 0.15) is 30.4 Å². The number of benzene rings is 1. The molecule has 0 amide bonds. The molecule has 3 aliphatic rings. The van der Waals surface area contributed by atoms with E-state index in [1.807, 2.05) is 6.07 Å². The molecule has 1 N–H and O–H groups in total. The van der Waals surface area contributed by atoms with Crippen LogP contribution in [-0.4, -0.2) is 10.9 Å². The van der Waals surface area contributed by atoms with Crippen molar-refractivity contribution in [3.05, 3.63) is 33.3 Å². The molecule has 0 aromatic heterocycles. The molecular weight excluding hydrogens is 283 g/mol. The Morgan fingerprint density at radius 2 is 2.11 bits per heavy atom. The Hall–Kier alpha value is -0.990. The lowest BCUT2D eigenvalue weighted by molar-refractivity contribution is -0.118. The third-order valence-corrected chi connectivity index (χ3v) is 5.75. The van der Waals surface area contributed by atoms with E-state index >= 15 is 0 Å². The maximum Gasteiger partial charge on any atom is 0.177 e. The summed E-state index contributed by atoms with van der Waals surface area (Å²) in [4.78, 5) is 12.2. The van der Waals surface area contributed by atoms with Crippen LogP contribution in [0.15, 0.2) is 17.2 Å². The van der Waals surface area contributed by atoms with E-state index in [0.717, 1.165) is 42.4 Å². The number of aromatic hydroxyl groups is 1. The Morgan fingerprint density at radius 3 is 2.89 bits per heavy atom. The summed E-state index contributed by atoms with van der Waals surface area (Å²) < 4.78 is 0. The van der Waals surface area contributed by atoms with Crippen molar-refractivity contribution >= 4 is 34.6 Å². The number of carbonyl (C=O) groups excluding carboxylic acids is 1. The van der Waals surface area contributed by atoms with Crippen LogP contribution in [0.5, 0.6) is 5.75 Å². The summed E-state index contributed by atoms with van der Waals surface area (Å²) in [6, 6.07) is 3.43. The minimum Gasteiger partial charge on any atom is -0.506 e. The highest BCUT2D eigenvalue weighted by Gasteiger charge is 2.54. The zero-order valence-electron chi connectivity index (χ0n) is 10.2. The number of fused-ring (bicyclic) bond motifs is 3. The van der Waals surface area contributed by atoms with Gasteiger partial charge in [-0.3, -0.25) is 4.79 Å². The summed E-state index contributed by atoms with van der Waals surface area (Å²) in [5, 5.41) is 10.6. The molecule has 0 aliphatic heterocycles. The molecule has 1 aromatic carbocycles. The first kappa shape index (κ1) is 11.8. The predicted molar refractivity (Wildman–Crippen MR) is 74.4 cm³/mol.